The second-order valence-corrected chi connectivity index (χ2v) is 9.79. The van der Waals surface area contributed by atoms with Gasteiger partial charge in [-0.2, -0.15) is 0 Å². The van der Waals surface area contributed by atoms with Gasteiger partial charge in [-0.15, -0.1) is 0 Å². The van der Waals surface area contributed by atoms with Gasteiger partial charge in [0, 0.05) is 35.8 Å². The molecule has 0 aliphatic carbocycles. The maximum atomic E-state index is 15.6. The molecule has 1 saturated heterocycles. The van der Waals surface area contributed by atoms with Crippen LogP contribution in [0.25, 0.3) is 10.9 Å². The third-order valence-corrected chi connectivity index (χ3v) is 7.46. The van der Waals surface area contributed by atoms with Crippen LogP contribution in [0.5, 0.6) is 11.5 Å². The highest BCUT2D eigenvalue weighted by Crippen LogP contribution is 2.42. The van der Waals surface area contributed by atoms with Crippen LogP contribution in [0, 0.1) is 22.9 Å². The van der Waals surface area contributed by atoms with E-state index in [9.17, 15) is 23.1 Å². The van der Waals surface area contributed by atoms with E-state index in [2.05, 4.69) is 4.98 Å². The fourth-order valence-electron chi connectivity index (χ4n) is 4.84. The average Bonchev–Trinajstić information content (AvgIpc) is 2.90. The second kappa shape index (κ2) is 11.7. The molecule has 6 nitrogen and oxygen atoms in total. The fourth-order valence-corrected chi connectivity index (χ4v) is 5.11. The highest BCUT2D eigenvalue weighted by Gasteiger charge is 2.41. The number of rotatable bonds is 10. The van der Waals surface area contributed by atoms with Crippen LogP contribution in [0.4, 0.5) is 17.6 Å². The van der Waals surface area contributed by atoms with Crippen LogP contribution in [0.1, 0.15) is 37.4 Å². The number of methoxy groups -OCH3 is 1. The molecule has 38 heavy (non-hydrogen) atoms. The summed E-state index contributed by atoms with van der Waals surface area (Å²) < 4.78 is 66.0. The number of likely N-dealkylation sites (tertiary alicyclic amines) is 1. The zero-order chi connectivity index (χ0) is 27.4. The number of halogens is 5. The molecule has 0 radical (unpaired) electrons. The molecule has 1 N–H and O–H groups in total. The molecule has 1 aromatic heterocycles. The number of hydrogen-bond acceptors (Lipinski definition) is 5. The van der Waals surface area contributed by atoms with Crippen LogP contribution in [0.15, 0.2) is 36.5 Å². The molecule has 1 fully saturated rings. The summed E-state index contributed by atoms with van der Waals surface area (Å²) >= 11 is 6.31. The standard InChI is InChI=1S/C27H27ClF4N2O4/c1-37-16-2-3-23-18(12-16)24(19(28)15-33-23)20(29)4-5-27(26(35)36)6-8-34(9-7-27)10-11-38-17-13-21(30)25(32)22(31)14-17/h2-3,12-15,20H,4-11H2,1H3,(H,35,36)/t20-/m0/s1. The minimum atomic E-state index is -1.56. The number of ether oxygens (including phenoxy) is 2. The van der Waals surface area contributed by atoms with Crippen molar-refractivity contribution in [1.29, 1.82) is 0 Å². The van der Waals surface area contributed by atoms with Gasteiger partial charge in [-0.05, 0) is 57.0 Å². The Morgan fingerprint density at radius 3 is 2.47 bits per heavy atom. The van der Waals surface area contributed by atoms with Gasteiger partial charge in [0.2, 0.25) is 0 Å². The van der Waals surface area contributed by atoms with Crippen LogP contribution >= 0.6 is 11.6 Å². The van der Waals surface area contributed by atoms with E-state index in [1.165, 1.54) is 13.3 Å². The van der Waals surface area contributed by atoms with Crippen LogP contribution in [0.3, 0.4) is 0 Å². The van der Waals surface area contributed by atoms with E-state index < -0.39 is 35.0 Å². The first-order valence-electron chi connectivity index (χ1n) is 12.1. The van der Waals surface area contributed by atoms with Crippen LogP contribution in [-0.2, 0) is 4.79 Å². The van der Waals surface area contributed by atoms with E-state index in [1.54, 1.807) is 18.2 Å². The highest BCUT2D eigenvalue weighted by atomic mass is 35.5. The maximum Gasteiger partial charge on any atom is 0.309 e. The molecule has 0 amide bonds. The van der Waals surface area contributed by atoms with Gasteiger partial charge < -0.3 is 14.6 Å². The number of hydrogen-bond donors (Lipinski definition) is 1. The molecule has 1 atom stereocenters. The van der Waals surface area contributed by atoms with E-state index in [1.807, 2.05) is 4.90 Å². The zero-order valence-electron chi connectivity index (χ0n) is 20.7. The average molecular weight is 555 g/mol. The maximum absolute atomic E-state index is 15.6. The molecule has 1 aliphatic rings. The van der Waals surface area contributed by atoms with Crippen LogP contribution in [-0.4, -0.2) is 54.3 Å². The molecule has 0 saturated carbocycles. The quantitative estimate of drug-likeness (QED) is 0.233. The molecule has 204 valence electrons. The Hall–Kier alpha value is -3.11. The number of aromatic nitrogens is 1. The highest BCUT2D eigenvalue weighted by molar-refractivity contribution is 6.32. The van der Waals surface area contributed by atoms with Crippen molar-refractivity contribution in [3.63, 3.8) is 0 Å². The minimum Gasteiger partial charge on any atom is -0.497 e. The van der Waals surface area contributed by atoms with Gasteiger partial charge in [0.15, 0.2) is 17.5 Å². The van der Waals surface area contributed by atoms with Crippen molar-refractivity contribution in [2.45, 2.75) is 31.9 Å². The Labute approximate surface area is 222 Å². The number of alkyl halides is 1. The Balaban J connectivity index is 1.36. The topological polar surface area (TPSA) is 71.9 Å². The van der Waals surface area contributed by atoms with Gasteiger partial charge in [0.1, 0.15) is 24.3 Å². The number of nitrogens with zero attached hydrogens (tertiary/aromatic N) is 2. The molecule has 2 heterocycles. The predicted molar refractivity (Wildman–Crippen MR) is 134 cm³/mol. The molecule has 1 aliphatic heterocycles. The van der Waals surface area contributed by atoms with Crippen molar-refractivity contribution in [2.24, 2.45) is 5.41 Å². The van der Waals surface area contributed by atoms with Gasteiger partial charge >= 0.3 is 5.97 Å². The minimum absolute atomic E-state index is 0.0346. The van der Waals surface area contributed by atoms with Crippen molar-refractivity contribution in [3.05, 3.63) is 64.6 Å². The normalized spacial score (nSPS) is 16.4. The molecule has 2 aromatic carbocycles. The molecule has 0 spiro atoms. The summed E-state index contributed by atoms with van der Waals surface area (Å²) in [6, 6.07) is 6.63. The van der Waals surface area contributed by atoms with Crippen LogP contribution < -0.4 is 9.47 Å². The summed E-state index contributed by atoms with van der Waals surface area (Å²) in [4.78, 5) is 18.5. The van der Waals surface area contributed by atoms with E-state index in [-0.39, 0.29) is 35.8 Å². The number of carboxylic acids is 1. The second-order valence-electron chi connectivity index (χ2n) is 9.39. The number of benzene rings is 2. The lowest BCUT2D eigenvalue weighted by atomic mass is 9.74. The first-order valence-corrected chi connectivity index (χ1v) is 12.5. The summed E-state index contributed by atoms with van der Waals surface area (Å²) in [5.74, 6) is -4.82. The van der Waals surface area contributed by atoms with Crippen molar-refractivity contribution in [1.82, 2.24) is 9.88 Å². The lowest BCUT2D eigenvalue weighted by Crippen LogP contribution is -2.45. The monoisotopic (exact) mass is 554 g/mol. The van der Waals surface area contributed by atoms with E-state index >= 15 is 4.39 Å². The summed E-state index contributed by atoms with van der Waals surface area (Å²) in [5.41, 5.74) is -0.278. The molecular weight excluding hydrogens is 528 g/mol. The number of pyridine rings is 1. The van der Waals surface area contributed by atoms with E-state index in [0.29, 0.717) is 49.1 Å². The van der Waals surface area contributed by atoms with Gasteiger partial charge in [-0.3, -0.25) is 14.7 Å². The number of fused-ring (bicyclic) bond motifs is 1. The SMILES string of the molecule is COc1ccc2ncc(Cl)c([C@@H](F)CCC3(C(=O)O)CCN(CCOc4cc(F)c(F)c(F)c4)CC3)c2c1. The van der Waals surface area contributed by atoms with E-state index in [4.69, 9.17) is 21.1 Å². The lowest BCUT2D eigenvalue weighted by molar-refractivity contribution is -0.153. The number of piperidine rings is 1. The first-order chi connectivity index (χ1) is 18.1. The van der Waals surface area contributed by atoms with Gasteiger partial charge in [-0.25, -0.2) is 17.6 Å². The number of aliphatic carboxylic acids is 1. The summed E-state index contributed by atoms with van der Waals surface area (Å²) in [6.45, 7) is 1.31. The number of carbonyl (C=O) groups is 1. The molecule has 11 heteroatoms. The predicted octanol–water partition coefficient (Wildman–Crippen LogP) is 6.35. The smallest absolute Gasteiger partial charge is 0.309 e. The third kappa shape index (κ3) is 5.96. The molecular formula is C27H27ClF4N2O4. The molecule has 0 bridgehead atoms. The molecule has 0 unspecified atom stereocenters. The van der Waals surface area contributed by atoms with Crippen molar-refractivity contribution < 1.29 is 36.9 Å². The Kier molecular flexibility index (Phi) is 8.62. The van der Waals surface area contributed by atoms with Crippen LogP contribution in [0.2, 0.25) is 5.02 Å². The van der Waals surface area contributed by atoms with Crippen molar-refractivity contribution in [3.8, 4) is 11.5 Å². The molecule has 4 rings (SSSR count). The zero-order valence-corrected chi connectivity index (χ0v) is 21.4. The first kappa shape index (κ1) is 27.9. The largest absolute Gasteiger partial charge is 0.497 e. The van der Waals surface area contributed by atoms with Crippen molar-refractivity contribution >= 4 is 28.5 Å². The Morgan fingerprint density at radius 2 is 1.84 bits per heavy atom. The van der Waals surface area contributed by atoms with Gasteiger partial charge in [0.05, 0.1) is 23.1 Å². The summed E-state index contributed by atoms with van der Waals surface area (Å²) in [5, 5.41) is 10.7. The van der Waals surface area contributed by atoms with E-state index in [0.717, 1.165) is 12.1 Å². The summed E-state index contributed by atoms with van der Waals surface area (Å²) in [6.07, 6.45) is 0.570. The van der Waals surface area contributed by atoms with Crippen molar-refractivity contribution in [2.75, 3.05) is 33.4 Å². The Morgan fingerprint density at radius 1 is 1.16 bits per heavy atom. The fraction of sp³-hybridized carbons (Fsp3) is 0.407. The summed E-state index contributed by atoms with van der Waals surface area (Å²) in [7, 11) is 1.50. The third-order valence-electron chi connectivity index (χ3n) is 7.16. The number of carboxylic acid groups (broad SMARTS) is 1. The molecule has 3 aromatic rings. The van der Waals surface area contributed by atoms with Gasteiger partial charge in [-0.1, -0.05) is 11.6 Å². The Bertz CT molecular complexity index is 1290. The van der Waals surface area contributed by atoms with Gasteiger partial charge in [0.25, 0.3) is 0 Å². The lowest BCUT2D eigenvalue weighted by Gasteiger charge is -2.39.